The number of furan rings is 1. The molecule has 0 spiro atoms. The highest BCUT2D eigenvalue weighted by atomic mass is 16.5. The molecular weight excluding hydrogens is 618 g/mol. The van der Waals surface area contributed by atoms with Crippen molar-refractivity contribution >= 4 is 39.1 Å². The molecule has 0 radical (unpaired) electrons. The molecule has 1 fully saturated rings. The standard InChI is InChI=1S/C38H35N7O4/c1-48-38(34(46)20-25-3-8-31-30(19-25)36(43-42-31)33-21-29-22-39-15-9-32(29)49-33)12-18-44(24-38)23-35(47)45-16-10-27(11-17-45)26-4-6-28(7-5-26)37-40-13-2-14-41-37/h2-10,13-15,19,21-22H,11-12,16-18,20,23-24H2,1H3,(H,42,43)/t38-/m0/s1. The van der Waals surface area contributed by atoms with Gasteiger partial charge in [-0.1, -0.05) is 36.4 Å². The van der Waals surface area contributed by atoms with Crippen molar-refractivity contribution in [2.45, 2.75) is 24.9 Å². The summed E-state index contributed by atoms with van der Waals surface area (Å²) in [6, 6.07) is 19.7. The topological polar surface area (TPSA) is 130 Å². The van der Waals surface area contributed by atoms with Gasteiger partial charge < -0.3 is 14.1 Å². The molecule has 0 bridgehead atoms. The summed E-state index contributed by atoms with van der Waals surface area (Å²) in [5, 5.41) is 9.34. The lowest BCUT2D eigenvalue weighted by atomic mass is 9.91. The van der Waals surface area contributed by atoms with Crippen molar-refractivity contribution in [3.05, 3.63) is 103 Å². The Bertz CT molecular complexity index is 2160. The second-order valence-corrected chi connectivity index (χ2v) is 12.7. The van der Waals surface area contributed by atoms with Gasteiger partial charge in [0.05, 0.1) is 12.1 Å². The number of likely N-dealkylation sites (tertiary alicyclic amines) is 1. The predicted molar refractivity (Wildman–Crippen MR) is 185 cm³/mol. The van der Waals surface area contributed by atoms with Crippen molar-refractivity contribution < 1.29 is 18.7 Å². The van der Waals surface area contributed by atoms with Crippen molar-refractivity contribution in [3.8, 4) is 22.8 Å². The van der Waals surface area contributed by atoms with Crippen LogP contribution in [-0.2, 0) is 20.7 Å². The molecule has 246 valence electrons. The third kappa shape index (κ3) is 6.03. The van der Waals surface area contributed by atoms with Crippen molar-refractivity contribution in [2.75, 3.05) is 39.8 Å². The molecule has 1 amide bonds. The number of amides is 1. The van der Waals surface area contributed by atoms with Crippen LogP contribution in [0.15, 0.2) is 95.9 Å². The van der Waals surface area contributed by atoms with Crippen LogP contribution in [0.4, 0.5) is 0 Å². The van der Waals surface area contributed by atoms with Crippen molar-refractivity contribution in [1.82, 2.24) is 34.9 Å². The van der Waals surface area contributed by atoms with Crippen LogP contribution in [0.1, 0.15) is 24.0 Å². The van der Waals surface area contributed by atoms with Crippen molar-refractivity contribution in [3.63, 3.8) is 0 Å². The molecule has 11 nitrogen and oxygen atoms in total. The van der Waals surface area contributed by atoms with Gasteiger partial charge in [0.15, 0.2) is 17.4 Å². The van der Waals surface area contributed by atoms with Gasteiger partial charge in [0, 0.05) is 80.8 Å². The number of methoxy groups -OCH3 is 1. The van der Waals surface area contributed by atoms with Crippen LogP contribution >= 0.6 is 0 Å². The second kappa shape index (κ2) is 12.8. The number of ether oxygens (including phenoxy) is 1. The summed E-state index contributed by atoms with van der Waals surface area (Å²) in [5.41, 5.74) is 5.51. The highest BCUT2D eigenvalue weighted by molar-refractivity contribution is 5.96. The number of hydrogen-bond donors (Lipinski definition) is 1. The molecule has 11 heteroatoms. The zero-order chi connectivity index (χ0) is 33.4. The number of nitrogens with zero attached hydrogens (tertiary/aromatic N) is 6. The smallest absolute Gasteiger partial charge is 0.237 e. The number of rotatable bonds is 9. The second-order valence-electron chi connectivity index (χ2n) is 12.7. The first-order valence-corrected chi connectivity index (χ1v) is 16.4. The van der Waals surface area contributed by atoms with E-state index in [1.807, 2.05) is 52.3 Å². The molecule has 49 heavy (non-hydrogen) atoms. The highest BCUT2D eigenvalue weighted by Gasteiger charge is 2.45. The summed E-state index contributed by atoms with van der Waals surface area (Å²) in [7, 11) is 1.59. The lowest BCUT2D eigenvalue weighted by Gasteiger charge is -2.30. The van der Waals surface area contributed by atoms with Gasteiger partial charge in [-0.3, -0.25) is 24.6 Å². The summed E-state index contributed by atoms with van der Waals surface area (Å²) < 4.78 is 11.9. The van der Waals surface area contributed by atoms with E-state index in [-0.39, 0.29) is 24.7 Å². The van der Waals surface area contributed by atoms with Gasteiger partial charge in [0.2, 0.25) is 5.91 Å². The SMILES string of the molecule is CO[C@@]1(C(=O)Cc2ccc3[nH]nc(-c4cc5cnccc5o4)c3c2)CCN(CC(=O)N2CC=C(c3ccc(-c4ncccn4)cc3)CC2)C1. The van der Waals surface area contributed by atoms with Crippen LogP contribution in [-0.4, -0.2) is 92.1 Å². The van der Waals surface area contributed by atoms with E-state index in [1.165, 1.54) is 5.57 Å². The number of benzene rings is 2. The average Bonchev–Trinajstić information content (AvgIpc) is 3.89. The van der Waals surface area contributed by atoms with Crippen LogP contribution in [0.5, 0.6) is 0 Å². The maximum atomic E-state index is 13.8. The number of aromatic amines is 1. The summed E-state index contributed by atoms with van der Waals surface area (Å²) in [4.78, 5) is 43.9. The molecule has 1 N–H and O–H groups in total. The Morgan fingerprint density at radius 2 is 1.84 bits per heavy atom. The van der Waals surface area contributed by atoms with E-state index >= 15 is 0 Å². The number of ketones is 1. The van der Waals surface area contributed by atoms with Gasteiger partial charge in [-0.15, -0.1) is 0 Å². The molecule has 6 aromatic rings. The molecule has 1 atom stereocenters. The third-order valence-corrected chi connectivity index (χ3v) is 9.75. The minimum absolute atomic E-state index is 0.000418. The normalized spacial score (nSPS) is 18.3. The average molecular weight is 654 g/mol. The van der Waals surface area contributed by atoms with Gasteiger partial charge in [0.25, 0.3) is 0 Å². The summed E-state index contributed by atoms with van der Waals surface area (Å²) in [5.74, 6) is 1.40. The number of fused-ring (bicyclic) bond motifs is 2. The quantitative estimate of drug-likeness (QED) is 0.220. The highest BCUT2D eigenvalue weighted by Crippen LogP contribution is 2.33. The summed E-state index contributed by atoms with van der Waals surface area (Å²) in [6.45, 7) is 2.46. The van der Waals surface area contributed by atoms with Crippen molar-refractivity contribution in [2.24, 2.45) is 0 Å². The zero-order valence-corrected chi connectivity index (χ0v) is 27.1. The van der Waals surface area contributed by atoms with E-state index in [4.69, 9.17) is 9.15 Å². The Hall–Kier alpha value is -5.52. The first-order valence-electron chi connectivity index (χ1n) is 16.4. The third-order valence-electron chi connectivity index (χ3n) is 9.75. The van der Waals surface area contributed by atoms with Gasteiger partial charge in [-0.25, -0.2) is 9.97 Å². The fourth-order valence-electron chi connectivity index (χ4n) is 6.94. The molecule has 1 saturated heterocycles. The Balaban J connectivity index is 0.893. The molecule has 2 aromatic carbocycles. The van der Waals surface area contributed by atoms with Crippen LogP contribution < -0.4 is 0 Å². The number of carbonyl (C=O) groups is 2. The number of carbonyl (C=O) groups excluding carboxylic acids is 2. The Morgan fingerprint density at radius 3 is 2.61 bits per heavy atom. The molecule has 4 aromatic heterocycles. The van der Waals surface area contributed by atoms with Crippen LogP contribution in [0.3, 0.4) is 0 Å². The fraction of sp³-hybridized carbons (Fsp3) is 0.263. The predicted octanol–water partition coefficient (Wildman–Crippen LogP) is 5.35. The first-order chi connectivity index (χ1) is 24.0. The maximum Gasteiger partial charge on any atom is 0.237 e. The lowest BCUT2D eigenvalue weighted by Crippen LogP contribution is -2.46. The first kappa shape index (κ1) is 30.8. The van der Waals surface area contributed by atoms with E-state index in [0.29, 0.717) is 49.9 Å². The number of Topliss-reactive ketones (excluding diaryl/α,β-unsaturated/α-hetero) is 1. The molecule has 8 rings (SSSR count). The van der Waals surface area contributed by atoms with E-state index in [9.17, 15) is 9.59 Å². The molecule has 2 aliphatic rings. The number of hydrogen-bond acceptors (Lipinski definition) is 9. The summed E-state index contributed by atoms with van der Waals surface area (Å²) in [6.07, 6.45) is 10.6. The van der Waals surface area contributed by atoms with E-state index in [1.54, 1.807) is 38.0 Å². The van der Waals surface area contributed by atoms with Gasteiger partial charge in [-0.2, -0.15) is 5.10 Å². The summed E-state index contributed by atoms with van der Waals surface area (Å²) >= 11 is 0. The van der Waals surface area contributed by atoms with E-state index in [0.717, 1.165) is 45.0 Å². The monoisotopic (exact) mass is 653 g/mol. The number of aromatic nitrogens is 5. The van der Waals surface area contributed by atoms with Crippen molar-refractivity contribution in [1.29, 1.82) is 0 Å². The maximum absolute atomic E-state index is 13.8. The molecule has 6 heterocycles. The molecule has 0 aliphatic carbocycles. The van der Waals surface area contributed by atoms with Crippen LogP contribution in [0.2, 0.25) is 0 Å². The Kier molecular flexibility index (Phi) is 8.06. The molecule has 0 saturated carbocycles. The number of H-pyrrole nitrogens is 1. The molecule has 2 aliphatic heterocycles. The van der Waals surface area contributed by atoms with Gasteiger partial charge >= 0.3 is 0 Å². The minimum Gasteiger partial charge on any atom is -0.454 e. The molecule has 0 unspecified atom stereocenters. The minimum atomic E-state index is -0.966. The lowest BCUT2D eigenvalue weighted by molar-refractivity contribution is -0.140. The van der Waals surface area contributed by atoms with Gasteiger partial charge in [0.1, 0.15) is 16.9 Å². The number of nitrogens with one attached hydrogen (secondary N) is 1. The molecular formula is C38H35N7O4. The van der Waals surface area contributed by atoms with Crippen LogP contribution in [0, 0.1) is 0 Å². The zero-order valence-electron chi connectivity index (χ0n) is 27.1. The number of pyridine rings is 1. The van der Waals surface area contributed by atoms with E-state index in [2.05, 4.69) is 43.4 Å². The van der Waals surface area contributed by atoms with E-state index < -0.39 is 5.60 Å². The Labute approximate surface area is 282 Å². The Morgan fingerprint density at radius 1 is 1.00 bits per heavy atom. The fourth-order valence-corrected chi connectivity index (χ4v) is 6.94. The largest absolute Gasteiger partial charge is 0.454 e. The van der Waals surface area contributed by atoms with Crippen LogP contribution in [0.25, 0.3) is 50.3 Å². The van der Waals surface area contributed by atoms with Gasteiger partial charge in [-0.05, 0) is 59.9 Å².